The topological polar surface area (TPSA) is 9.23 Å². The van der Waals surface area contributed by atoms with Gasteiger partial charge < -0.3 is 4.74 Å². The number of rotatable bonds is 1. The molecule has 13 rings (SSSR count). The molecule has 3 aliphatic carbocycles. The van der Waals surface area contributed by atoms with Crippen LogP contribution in [0.2, 0.25) is 0 Å². The van der Waals surface area contributed by atoms with Crippen LogP contribution in [0.4, 0.5) is 0 Å². The summed E-state index contributed by atoms with van der Waals surface area (Å²) < 4.78 is 6.97. The third-order valence-corrected chi connectivity index (χ3v) is 13.2. The van der Waals surface area contributed by atoms with Crippen LogP contribution in [0.25, 0.3) is 55.3 Å². The minimum atomic E-state index is -0.571. The Kier molecular flexibility index (Phi) is 5.56. The second-order valence-electron chi connectivity index (χ2n) is 15.4. The first-order valence-electron chi connectivity index (χ1n) is 19.3. The van der Waals surface area contributed by atoms with Gasteiger partial charge in [0, 0.05) is 11.1 Å². The lowest BCUT2D eigenvalue weighted by Crippen LogP contribution is -2.33. The van der Waals surface area contributed by atoms with Gasteiger partial charge in [0.1, 0.15) is 11.5 Å². The molecular weight excluding hydrogens is 665 g/mol. The van der Waals surface area contributed by atoms with E-state index in [2.05, 4.69) is 194 Å². The van der Waals surface area contributed by atoms with Gasteiger partial charge in [-0.15, -0.1) is 0 Å². The van der Waals surface area contributed by atoms with E-state index < -0.39 is 10.8 Å². The number of fused-ring (bicyclic) bond motifs is 21. The number of hydrogen-bond acceptors (Lipinski definition) is 1. The smallest absolute Gasteiger partial charge is 0.132 e. The molecule has 9 aromatic carbocycles. The van der Waals surface area contributed by atoms with E-state index in [0.29, 0.717) is 0 Å². The quantitative estimate of drug-likeness (QED) is 0.166. The van der Waals surface area contributed by atoms with E-state index in [9.17, 15) is 0 Å². The molecule has 254 valence electrons. The molecule has 2 spiro atoms. The fourth-order valence-electron chi connectivity index (χ4n) is 11.3. The Morgan fingerprint density at radius 3 is 1.47 bits per heavy atom. The normalized spacial score (nSPS) is 16.7. The first kappa shape index (κ1) is 29.5. The van der Waals surface area contributed by atoms with Crippen LogP contribution in [0.3, 0.4) is 0 Å². The van der Waals surface area contributed by atoms with Crippen molar-refractivity contribution in [2.45, 2.75) is 10.8 Å². The molecule has 1 aliphatic heterocycles. The highest BCUT2D eigenvalue weighted by molar-refractivity contribution is 6.08. The average Bonchev–Trinajstić information content (AvgIpc) is 3.84. The molecule has 0 N–H and O–H groups in total. The third kappa shape index (κ3) is 3.38. The standard InChI is InChI=1S/C54H32O/c1-2-16-34-33(15-1)31-32-47-50(34)39-19-5-9-25-43(39)53(47)44-26-10-6-20-40(44)51-37(21-13-28-46(51)53)38-22-14-30-49-52(38)54(45-27-11-12-29-48(45)55-49)41-23-7-3-17-35(41)36-18-4-8-24-42(36)54/h1-32H. The van der Waals surface area contributed by atoms with Gasteiger partial charge in [0.25, 0.3) is 0 Å². The SMILES string of the molecule is c1ccc2c(c1)Oc1cccc(-c3cccc4c3-c3ccccc3C43c4ccccc4-c4c3ccc3ccccc43)c1C21c2ccccc2-c2ccccc21. The molecule has 1 heterocycles. The van der Waals surface area contributed by atoms with Crippen LogP contribution >= 0.6 is 0 Å². The summed E-state index contributed by atoms with van der Waals surface area (Å²) >= 11 is 0. The summed E-state index contributed by atoms with van der Waals surface area (Å²) in [4.78, 5) is 0. The molecule has 0 saturated heterocycles. The summed E-state index contributed by atoms with van der Waals surface area (Å²) in [6.45, 7) is 0. The third-order valence-electron chi connectivity index (χ3n) is 13.2. The lowest BCUT2D eigenvalue weighted by atomic mass is 9.64. The van der Waals surface area contributed by atoms with Gasteiger partial charge in [-0.25, -0.2) is 0 Å². The Balaban J connectivity index is 1.17. The summed E-state index contributed by atoms with van der Waals surface area (Å²) in [5.41, 5.74) is 19.6. The van der Waals surface area contributed by atoms with E-state index in [1.54, 1.807) is 0 Å². The number of ether oxygens (including phenoxy) is 1. The molecule has 0 fully saturated rings. The maximum Gasteiger partial charge on any atom is 0.132 e. The van der Waals surface area contributed by atoms with Crippen molar-refractivity contribution in [3.05, 3.63) is 239 Å². The van der Waals surface area contributed by atoms with Crippen LogP contribution in [0, 0.1) is 0 Å². The van der Waals surface area contributed by atoms with Gasteiger partial charge in [0.15, 0.2) is 0 Å². The zero-order chi connectivity index (χ0) is 35.9. The highest BCUT2D eigenvalue weighted by Gasteiger charge is 2.55. The molecule has 9 aromatic rings. The zero-order valence-corrected chi connectivity index (χ0v) is 29.9. The van der Waals surface area contributed by atoms with Gasteiger partial charge in [-0.05, 0) is 101 Å². The maximum atomic E-state index is 6.97. The lowest BCUT2D eigenvalue weighted by molar-refractivity contribution is 0.437. The molecule has 1 atom stereocenters. The van der Waals surface area contributed by atoms with Crippen LogP contribution in [-0.2, 0) is 10.8 Å². The van der Waals surface area contributed by atoms with Crippen molar-refractivity contribution in [1.82, 2.24) is 0 Å². The molecule has 55 heavy (non-hydrogen) atoms. The summed E-state index contributed by atoms with van der Waals surface area (Å²) in [6, 6.07) is 72.4. The van der Waals surface area contributed by atoms with Crippen molar-refractivity contribution in [3.8, 4) is 56.0 Å². The van der Waals surface area contributed by atoms with Gasteiger partial charge in [-0.1, -0.05) is 182 Å². The van der Waals surface area contributed by atoms with Crippen molar-refractivity contribution < 1.29 is 4.74 Å². The van der Waals surface area contributed by atoms with Crippen LogP contribution in [-0.4, -0.2) is 0 Å². The Labute approximate surface area is 319 Å². The minimum Gasteiger partial charge on any atom is -0.457 e. The molecule has 4 aliphatic rings. The monoisotopic (exact) mass is 696 g/mol. The lowest BCUT2D eigenvalue weighted by Gasteiger charge is -2.41. The van der Waals surface area contributed by atoms with Gasteiger partial charge in [-0.3, -0.25) is 0 Å². The summed E-state index contributed by atoms with van der Waals surface area (Å²) in [5.74, 6) is 1.82. The highest BCUT2D eigenvalue weighted by atomic mass is 16.5. The van der Waals surface area contributed by atoms with Gasteiger partial charge in [0.2, 0.25) is 0 Å². The molecule has 1 nitrogen and oxygen atoms in total. The van der Waals surface area contributed by atoms with E-state index in [-0.39, 0.29) is 0 Å². The molecule has 0 bridgehead atoms. The molecule has 0 saturated carbocycles. The summed E-state index contributed by atoms with van der Waals surface area (Å²) in [7, 11) is 0. The molecule has 0 radical (unpaired) electrons. The van der Waals surface area contributed by atoms with Crippen molar-refractivity contribution in [3.63, 3.8) is 0 Å². The number of para-hydroxylation sites is 1. The Morgan fingerprint density at radius 2 is 0.745 bits per heavy atom. The Hall–Kier alpha value is -6.96. The highest BCUT2D eigenvalue weighted by Crippen LogP contribution is 2.67. The van der Waals surface area contributed by atoms with E-state index in [0.717, 1.165) is 11.5 Å². The number of hydrogen-bond donors (Lipinski definition) is 0. The fraction of sp³-hybridized carbons (Fsp3) is 0.0370. The van der Waals surface area contributed by atoms with E-state index in [4.69, 9.17) is 4.74 Å². The van der Waals surface area contributed by atoms with Crippen molar-refractivity contribution in [2.24, 2.45) is 0 Å². The van der Waals surface area contributed by atoms with Crippen molar-refractivity contribution in [2.75, 3.05) is 0 Å². The van der Waals surface area contributed by atoms with Crippen LogP contribution in [0.1, 0.15) is 44.5 Å². The van der Waals surface area contributed by atoms with Gasteiger partial charge in [0.05, 0.1) is 10.8 Å². The summed E-state index contributed by atoms with van der Waals surface area (Å²) in [5, 5.41) is 2.58. The van der Waals surface area contributed by atoms with Crippen molar-refractivity contribution >= 4 is 10.8 Å². The maximum absolute atomic E-state index is 6.97. The Bertz CT molecular complexity index is 3100. The van der Waals surface area contributed by atoms with Crippen LogP contribution in [0.5, 0.6) is 11.5 Å². The van der Waals surface area contributed by atoms with E-state index in [1.807, 2.05) is 0 Å². The molecule has 0 aromatic heterocycles. The largest absolute Gasteiger partial charge is 0.457 e. The molecule has 1 heteroatoms. The number of benzene rings is 9. The minimum absolute atomic E-state index is 0.458. The summed E-state index contributed by atoms with van der Waals surface area (Å²) in [6.07, 6.45) is 0. The van der Waals surface area contributed by atoms with E-state index >= 15 is 0 Å². The second-order valence-corrected chi connectivity index (χ2v) is 15.4. The van der Waals surface area contributed by atoms with Gasteiger partial charge in [-0.2, -0.15) is 0 Å². The average molecular weight is 697 g/mol. The van der Waals surface area contributed by atoms with Crippen LogP contribution < -0.4 is 4.74 Å². The molecular formula is C54H32O. The fourth-order valence-corrected chi connectivity index (χ4v) is 11.3. The van der Waals surface area contributed by atoms with Crippen molar-refractivity contribution in [1.29, 1.82) is 0 Å². The predicted octanol–water partition coefficient (Wildman–Crippen LogP) is 13.3. The molecule has 1 unspecified atom stereocenters. The van der Waals surface area contributed by atoms with Gasteiger partial charge >= 0.3 is 0 Å². The predicted molar refractivity (Wildman–Crippen MR) is 223 cm³/mol. The molecule has 0 amide bonds. The van der Waals surface area contributed by atoms with Crippen LogP contribution in [0.15, 0.2) is 194 Å². The Morgan fingerprint density at radius 1 is 0.273 bits per heavy atom. The second kappa shape index (κ2) is 10.4. The van der Waals surface area contributed by atoms with E-state index in [1.165, 1.54) is 99.8 Å². The first-order valence-corrected chi connectivity index (χ1v) is 19.3. The zero-order valence-electron chi connectivity index (χ0n) is 29.9. The first-order chi connectivity index (χ1) is 27.3.